The van der Waals surface area contributed by atoms with Crippen LogP contribution < -0.4 is 50.9 Å². The summed E-state index contributed by atoms with van der Waals surface area (Å²) in [6, 6.07) is 20.0. The molecule has 0 N–H and O–H groups in total. The van der Waals surface area contributed by atoms with Gasteiger partial charge in [0.1, 0.15) is 0 Å². The molecular formula is C10H10Br3Ta. The molecule has 2 aromatic carbocycles. The van der Waals surface area contributed by atoms with E-state index in [4.69, 9.17) is 0 Å². The molecule has 0 unspecified atom stereocenters. The molecule has 76 valence electrons. The van der Waals surface area contributed by atoms with Crippen molar-refractivity contribution < 1.29 is 73.3 Å². The zero-order chi connectivity index (χ0) is 7.07. The van der Waals surface area contributed by atoms with Gasteiger partial charge in [0.15, 0.2) is 0 Å². The van der Waals surface area contributed by atoms with E-state index in [0.29, 0.717) is 0 Å². The maximum absolute atomic E-state index is 2.00. The number of halogens is 3. The third-order valence-electron chi connectivity index (χ3n) is 1.11. The molecular weight excluding hydrogens is 541 g/mol. The normalized spacial score (nSPS) is 5.71. The molecule has 0 heterocycles. The van der Waals surface area contributed by atoms with E-state index in [1.807, 2.05) is 60.7 Å². The molecule has 0 nitrogen and oxygen atoms in total. The maximum Gasteiger partial charge on any atom is 5.00 e. The van der Waals surface area contributed by atoms with E-state index in [9.17, 15) is 0 Å². The standard InChI is InChI=1S/2C5H5.3BrH.Ta/c2*1-2-4-5-3-1;;;;/h2*1-5H;3*1H;/q2*-1;;;;+5/p-3. The second kappa shape index (κ2) is 19.5. The van der Waals surface area contributed by atoms with Crippen LogP contribution in [0.1, 0.15) is 0 Å². The van der Waals surface area contributed by atoms with Gasteiger partial charge in [0.2, 0.25) is 0 Å². The van der Waals surface area contributed by atoms with Crippen LogP contribution in [0, 0.1) is 0 Å². The number of hydrogen-bond donors (Lipinski definition) is 0. The summed E-state index contributed by atoms with van der Waals surface area (Å²) in [4.78, 5) is 0. The summed E-state index contributed by atoms with van der Waals surface area (Å²) in [6.45, 7) is 0. The van der Waals surface area contributed by atoms with Gasteiger partial charge in [0.25, 0.3) is 0 Å². The van der Waals surface area contributed by atoms with Crippen molar-refractivity contribution in [2.75, 3.05) is 0 Å². The van der Waals surface area contributed by atoms with E-state index in [0.717, 1.165) is 0 Å². The van der Waals surface area contributed by atoms with Crippen molar-refractivity contribution in [1.82, 2.24) is 0 Å². The molecule has 0 saturated heterocycles. The smallest absolute Gasteiger partial charge is 1.00 e. The summed E-state index contributed by atoms with van der Waals surface area (Å²) in [6.07, 6.45) is 0. The van der Waals surface area contributed by atoms with Gasteiger partial charge in [0, 0.05) is 0 Å². The Kier molecular flexibility index (Phi) is 33.6. The van der Waals surface area contributed by atoms with Gasteiger partial charge in [-0.15, -0.1) is 0 Å². The van der Waals surface area contributed by atoms with Crippen LogP contribution in [0.15, 0.2) is 60.7 Å². The van der Waals surface area contributed by atoms with Gasteiger partial charge in [-0.3, -0.25) is 0 Å². The molecule has 0 aliphatic carbocycles. The van der Waals surface area contributed by atoms with Gasteiger partial charge in [-0.05, 0) is 0 Å². The summed E-state index contributed by atoms with van der Waals surface area (Å²) in [5.74, 6) is 0. The van der Waals surface area contributed by atoms with Crippen LogP contribution >= 0.6 is 0 Å². The Bertz CT molecular complexity index is 155. The molecule has 0 saturated carbocycles. The van der Waals surface area contributed by atoms with Gasteiger partial charge in [0.05, 0.1) is 0 Å². The van der Waals surface area contributed by atoms with Gasteiger partial charge >= 0.3 is 22.4 Å². The molecule has 4 heteroatoms. The first kappa shape index (κ1) is 24.2. The Morgan fingerprint density at radius 3 is 0.786 bits per heavy atom. The second-order valence-electron chi connectivity index (χ2n) is 1.92. The molecule has 0 aromatic heterocycles. The SMILES string of the molecule is [Br-].[Br-].[Br-].[Ta+5].c1cc[cH-]c1.c1cc[cH-]c1. The fraction of sp³-hybridized carbons (Fsp3) is 0. The average molecular weight is 551 g/mol. The zero-order valence-corrected chi connectivity index (χ0v) is 15.3. The molecule has 0 bridgehead atoms. The summed E-state index contributed by atoms with van der Waals surface area (Å²) < 4.78 is 0. The Balaban J connectivity index is -0.0000000556. The average Bonchev–Trinajstić information content (AvgIpc) is 2.67. The minimum absolute atomic E-state index is 0. The van der Waals surface area contributed by atoms with Crippen molar-refractivity contribution in [2.45, 2.75) is 0 Å². The monoisotopic (exact) mass is 548 g/mol. The quantitative estimate of drug-likeness (QED) is 0.287. The van der Waals surface area contributed by atoms with Crippen molar-refractivity contribution in [3.05, 3.63) is 60.7 Å². The van der Waals surface area contributed by atoms with Crippen molar-refractivity contribution in [1.29, 1.82) is 0 Å². The van der Waals surface area contributed by atoms with Gasteiger partial charge < -0.3 is 50.9 Å². The van der Waals surface area contributed by atoms with Crippen LogP contribution in [-0.2, 0) is 22.4 Å². The molecule has 0 atom stereocenters. The van der Waals surface area contributed by atoms with Crippen LogP contribution in [0.25, 0.3) is 0 Å². The molecule has 0 fully saturated rings. The van der Waals surface area contributed by atoms with Crippen molar-refractivity contribution >= 4 is 0 Å². The Hall–Kier alpha value is 0.880. The largest absolute Gasteiger partial charge is 5.00 e. The number of rotatable bonds is 0. The van der Waals surface area contributed by atoms with Gasteiger partial charge in [-0.1, -0.05) is 0 Å². The van der Waals surface area contributed by atoms with Crippen molar-refractivity contribution in [3.63, 3.8) is 0 Å². The summed E-state index contributed by atoms with van der Waals surface area (Å²) in [7, 11) is 0. The molecule has 0 aliphatic rings. The van der Waals surface area contributed by atoms with Crippen LogP contribution in [0.2, 0.25) is 0 Å². The van der Waals surface area contributed by atoms with Crippen molar-refractivity contribution in [2.24, 2.45) is 0 Å². The Morgan fingerprint density at radius 1 is 0.500 bits per heavy atom. The van der Waals surface area contributed by atoms with Crippen LogP contribution in [0.3, 0.4) is 0 Å². The topological polar surface area (TPSA) is 0 Å². The summed E-state index contributed by atoms with van der Waals surface area (Å²) in [5.41, 5.74) is 0. The Morgan fingerprint density at radius 2 is 0.714 bits per heavy atom. The van der Waals surface area contributed by atoms with E-state index in [2.05, 4.69) is 0 Å². The van der Waals surface area contributed by atoms with Gasteiger partial charge in [-0.2, -0.15) is 36.4 Å². The first-order valence-electron chi connectivity index (χ1n) is 3.33. The molecule has 0 spiro atoms. The molecule has 0 amide bonds. The first-order valence-corrected chi connectivity index (χ1v) is 3.33. The molecule has 0 aliphatic heterocycles. The maximum atomic E-state index is 2.00. The van der Waals surface area contributed by atoms with Crippen LogP contribution in [-0.4, -0.2) is 0 Å². The molecule has 14 heavy (non-hydrogen) atoms. The molecule has 2 rings (SSSR count). The minimum Gasteiger partial charge on any atom is -1.00 e. The van der Waals surface area contributed by atoms with E-state index in [-0.39, 0.29) is 73.3 Å². The van der Waals surface area contributed by atoms with Crippen molar-refractivity contribution in [3.8, 4) is 0 Å². The van der Waals surface area contributed by atoms with Crippen LogP contribution in [0.4, 0.5) is 0 Å². The molecule has 2 aromatic rings. The summed E-state index contributed by atoms with van der Waals surface area (Å²) in [5, 5.41) is 0. The fourth-order valence-electron chi connectivity index (χ4n) is 0.642. The van der Waals surface area contributed by atoms with E-state index in [1.54, 1.807) is 0 Å². The van der Waals surface area contributed by atoms with Crippen LogP contribution in [0.5, 0.6) is 0 Å². The third-order valence-corrected chi connectivity index (χ3v) is 1.11. The fourth-order valence-corrected chi connectivity index (χ4v) is 0.642. The predicted molar refractivity (Wildman–Crippen MR) is 44.1 cm³/mol. The third kappa shape index (κ3) is 15.4. The zero-order valence-electron chi connectivity index (χ0n) is 7.35. The number of hydrogen-bond acceptors (Lipinski definition) is 0. The van der Waals surface area contributed by atoms with E-state index < -0.39 is 0 Å². The first-order chi connectivity index (χ1) is 5.00. The minimum atomic E-state index is 0. The molecule has 0 radical (unpaired) electrons. The predicted octanol–water partition coefficient (Wildman–Crippen LogP) is -6.18. The Labute approximate surface area is 133 Å². The van der Waals surface area contributed by atoms with E-state index >= 15 is 0 Å². The summed E-state index contributed by atoms with van der Waals surface area (Å²) >= 11 is 0. The van der Waals surface area contributed by atoms with Gasteiger partial charge in [-0.25, -0.2) is 24.3 Å². The van der Waals surface area contributed by atoms with E-state index in [1.165, 1.54) is 0 Å². The second-order valence-corrected chi connectivity index (χ2v) is 1.92.